The average molecular weight is 285 g/mol. The second kappa shape index (κ2) is 5.38. The van der Waals surface area contributed by atoms with E-state index in [1.807, 2.05) is 0 Å². The van der Waals surface area contributed by atoms with Crippen LogP contribution in [0.15, 0.2) is 4.52 Å². The normalized spacial score (nSPS) is 30.9. The van der Waals surface area contributed by atoms with Crippen molar-refractivity contribution in [2.45, 2.75) is 56.7 Å². The SMILES string of the molecule is C1CC2CN(Cc3noc(C4CC4)n3)CCC1N2.Cl. The first-order valence-electron chi connectivity index (χ1n) is 7.18. The van der Waals surface area contributed by atoms with Gasteiger partial charge in [-0.15, -0.1) is 12.4 Å². The summed E-state index contributed by atoms with van der Waals surface area (Å²) in [6, 6.07) is 1.42. The van der Waals surface area contributed by atoms with Crippen LogP contribution in [0, 0.1) is 0 Å². The number of nitrogens with one attached hydrogen (secondary N) is 1. The van der Waals surface area contributed by atoms with Crippen LogP contribution in [0.2, 0.25) is 0 Å². The maximum atomic E-state index is 5.32. The highest BCUT2D eigenvalue weighted by atomic mass is 35.5. The molecule has 1 aromatic rings. The van der Waals surface area contributed by atoms with E-state index in [4.69, 9.17) is 4.52 Å². The van der Waals surface area contributed by atoms with Gasteiger partial charge in [-0.05, 0) is 32.1 Å². The van der Waals surface area contributed by atoms with Crippen molar-refractivity contribution >= 4 is 12.4 Å². The lowest BCUT2D eigenvalue weighted by molar-refractivity contribution is 0.241. The van der Waals surface area contributed by atoms with E-state index in [9.17, 15) is 0 Å². The largest absolute Gasteiger partial charge is 0.339 e. The van der Waals surface area contributed by atoms with E-state index in [0.717, 1.165) is 37.4 Å². The molecule has 5 nitrogen and oxygen atoms in total. The molecule has 19 heavy (non-hydrogen) atoms. The smallest absolute Gasteiger partial charge is 0.229 e. The number of hydrogen-bond donors (Lipinski definition) is 1. The predicted molar refractivity (Wildman–Crippen MR) is 73.4 cm³/mol. The summed E-state index contributed by atoms with van der Waals surface area (Å²) in [5, 5.41) is 7.81. The Labute approximate surface area is 119 Å². The molecule has 2 bridgehead atoms. The Balaban J connectivity index is 0.00000110. The van der Waals surface area contributed by atoms with Gasteiger partial charge in [0.05, 0.1) is 6.54 Å². The Morgan fingerprint density at radius 2 is 2.00 bits per heavy atom. The summed E-state index contributed by atoms with van der Waals surface area (Å²) in [5.74, 6) is 2.29. The van der Waals surface area contributed by atoms with Gasteiger partial charge in [0.1, 0.15) is 0 Å². The molecule has 1 aliphatic carbocycles. The molecule has 0 spiro atoms. The Kier molecular flexibility index (Phi) is 3.78. The minimum Gasteiger partial charge on any atom is -0.339 e. The number of halogens is 1. The number of rotatable bonds is 3. The first kappa shape index (κ1) is 13.3. The summed E-state index contributed by atoms with van der Waals surface area (Å²) in [4.78, 5) is 6.99. The summed E-state index contributed by atoms with van der Waals surface area (Å²) in [6.07, 6.45) is 6.37. The molecule has 3 aliphatic rings. The zero-order chi connectivity index (χ0) is 11.9. The zero-order valence-corrected chi connectivity index (χ0v) is 11.9. The summed E-state index contributed by atoms with van der Waals surface area (Å²) in [7, 11) is 0. The first-order valence-corrected chi connectivity index (χ1v) is 7.18. The van der Waals surface area contributed by atoms with Gasteiger partial charge < -0.3 is 9.84 Å². The topological polar surface area (TPSA) is 54.2 Å². The summed E-state index contributed by atoms with van der Waals surface area (Å²) in [6.45, 7) is 3.13. The van der Waals surface area contributed by atoms with Crippen molar-refractivity contribution in [2.75, 3.05) is 13.1 Å². The summed E-state index contributed by atoms with van der Waals surface area (Å²) >= 11 is 0. The highest BCUT2D eigenvalue weighted by Gasteiger charge is 2.31. The maximum absolute atomic E-state index is 5.32. The van der Waals surface area contributed by atoms with Crippen LogP contribution in [0.3, 0.4) is 0 Å². The second-order valence-corrected chi connectivity index (χ2v) is 5.98. The minimum absolute atomic E-state index is 0. The lowest BCUT2D eigenvalue weighted by atomic mass is 10.1. The van der Waals surface area contributed by atoms with Gasteiger partial charge >= 0.3 is 0 Å². The number of likely N-dealkylation sites (tertiary alicyclic amines) is 1. The van der Waals surface area contributed by atoms with Crippen molar-refractivity contribution in [1.82, 2.24) is 20.4 Å². The Bertz CT molecular complexity index is 434. The number of nitrogens with zero attached hydrogens (tertiary/aromatic N) is 3. The van der Waals surface area contributed by atoms with Crippen molar-refractivity contribution in [2.24, 2.45) is 0 Å². The van der Waals surface area contributed by atoms with Crippen LogP contribution in [0.1, 0.15) is 49.7 Å². The van der Waals surface area contributed by atoms with Crippen molar-refractivity contribution in [1.29, 1.82) is 0 Å². The minimum atomic E-state index is 0. The van der Waals surface area contributed by atoms with Gasteiger partial charge in [0.2, 0.25) is 5.89 Å². The fourth-order valence-electron chi connectivity index (χ4n) is 3.19. The molecule has 0 radical (unpaired) electrons. The summed E-state index contributed by atoms with van der Waals surface area (Å²) < 4.78 is 5.32. The highest BCUT2D eigenvalue weighted by Crippen LogP contribution is 2.38. The molecule has 6 heteroatoms. The molecule has 2 atom stereocenters. The third-order valence-electron chi connectivity index (χ3n) is 4.38. The fourth-order valence-corrected chi connectivity index (χ4v) is 3.19. The van der Waals surface area contributed by atoms with E-state index < -0.39 is 0 Å². The van der Waals surface area contributed by atoms with Crippen LogP contribution >= 0.6 is 12.4 Å². The maximum Gasteiger partial charge on any atom is 0.229 e. The first-order chi connectivity index (χ1) is 8.87. The Morgan fingerprint density at radius 1 is 1.16 bits per heavy atom. The van der Waals surface area contributed by atoms with Gasteiger partial charge in [0.25, 0.3) is 0 Å². The van der Waals surface area contributed by atoms with Crippen molar-refractivity contribution < 1.29 is 4.52 Å². The molecular weight excluding hydrogens is 264 g/mol. The molecule has 3 fully saturated rings. The van der Waals surface area contributed by atoms with Crippen molar-refractivity contribution in [3.05, 3.63) is 11.7 Å². The van der Waals surface area contributed by atoms with E-state index in [1.165, 1.54) is 32.1 Å². The zero-order valence-electron chi connectivity index (χ0n) is 11.0. The van der Waals surface area contributed by atoms with Gasteiger partial charge in [-0.2, -0.15) is 4.98 Å². The number of fused-ring (bicyclic) bond motifs is 2. The number of hydrogen-bond acceptors (Lipinski definition) is 5. The molecule has 3 heterocycles. The molecule has 2 saturated heterocycles. The van der Waals surface area contributed by atoms with Crippen LogP contribution in [-0.4, -0.2) is 40.2 Å². The van der Waals surface area contributed by atoms with E-state index in [2.05, 4.69) is 20.4 Å². The highest BCUT2D eigenvalue weighted by molar-refractivity contribution is 5.85. The predicted octanol–water partition coefficient (Wildman–Crippen LogP) is 1.70. The van der Waals surface area contributed by atoms with Gasteiger partial charge in [0.15, 0.2) is 5.82 Å². The molecule has 2 aliphatic heterocycles. The lowest BCUT2D eigenvalue weighted by Crippen LogP contribution is -2.35. The van der Waals surface area contributed by atoms with E-state index >= 15 is 0 Å². The van der Waals surface area contributed by atoms with E-state index in [0.29, 0.717) is 12.0 Å². The molecule has 1 saturated carbocycles. The van der Waals surface area contributed by atoms with E-state index in [-0.39, 0.29) is 12.4 Å². The van der Waals surface area contributed by atoms with Crippen LogP contribution < -0.4 is 5.32 Å². The standard InChI is InChI=1S/C13H20N4O.ClH/c1-2-9(1)13-15-12(16-18-13)8-17-6-5-10-3-4-11(7-17)14-10;/h9-11,14H,1-8H2;1H. The quantitative estimate of drug-likeness (QED) is 0.915. The lowest BCUT2D eigenvalue weighted by Gasteiger charge is -2.22. The van der Waals surface area contributed by atoms with Crippen LogP contribution in [-0.2, 0) is 6.54 Å². The molecule has 0 aromatic carbocycles. The fraction of sp³-hybridized carbons (Fsp3) is 0.846. The molecule has 4 rings (SSSR count). The van der Waals surface area contributed by atoms with Crippen LogP contribution in [0.5, 0.6) is 0 Å². The third-order valence-corrected chi connectivity index (χ3v) is 4.38. The van der Waals surface area contributed by atoms with Gasteiger partial charge in [0, 0.05) is 31.1 Å². The van der Waals surface area contributed by atoms with Crippen LogP contribution in [0.4, 0.5) is 0 Å². The molecule has 2 unspecified atom stereocenters. The summed E-state index contributed by atoms with van der Waals surface area (Å²) in [5.41, 5.74) is 0. The van der Waals surface area contributed by atoms with E-state index in [1.54, 1.807) is 0 Å². The second-order valence-electron chi connectivity index (χ2n) is 5.98. The number of aromatic nitrogens is 2. The van der Waals surface area contributed by atoms with Crippen molar-refractivity contribution in [3.63, 3.8) is 0 Å². The molecule has 106 valence electrons. The molecule has 1 aromatic heterocycles. The molecular formula is C13H21ClN4O. The molecule has 0 amide bonds. The monoisotopic (exact) mass is 284 g/mol. The van der Waals surface area contributed by atoms with Gasteiger partial charge in [-0.1, -0.05) is 5.16 Å². The van der Waals surface area contributed by atoms with Crippen molar-refractivity contribution in [3.8, 4) is 0 Å². The van der Waals surface area contributed by atoms with Gasteiger partial charge in [-0.3, -0.25) is 4.90 Å². The average Bonchev–Trinajstić information content (AvgIpc) is 2.99. The van der Waals surface area contributed by atoms with Gasteiger partial charge in [-0.25, -0.2) is 0 Å². The molecule has 1 N–H and O–H groups in total. The Morgan fingerprint density at radius 3 is 2.84 bits per heavy atom. The van der Waals surface area contributed by atoms with Crippen LogP contribution in [0.25, 0.3) is 0 Å². The third kappa shape index (κ3) is 2.93. The Hall–Kier alpha value is -0.650.